The van der Waals surface area contributed by atoms with Gasteiger partial charge in [-0.15, -0.1) is 0 Å². The van der Waals surface area contributed by atoms with Crippen LogP contribution >= 0.6 is 0 Å². The lowest BCUT2D eigenvalue weighted by Gasteiger charge is -2.09. The Morgan fingerprint density at radius 3 is 1.30 bits per heavy atom. The average molecular weight is 335 g/mol. The molecule has 0 radical (unpaired) electrons. The van der Waals surface area contributed by atoms with E-state index < -0.39 is 8.07 Å². The van der Waals surface area contributed by atoms with Crippen molar-refractivity contribution in [3.8, 4) is 0 Å². The third-order valence-electron chi connectivity index (χ3n) is 5.10. The second-order valence-corrected chi connectivity index (χ2v) is 12.4. The molecule has 1 aliphatic rings. The van der Waals surface area contributed by atoms with Crippen LogP contribution in [0.25, 0.3) is 0 Å². The molecule has 0 spiro atoms. The summed E-state index contributed by atoms with van der Waals surface area (Å²) in [5, 5.41) is 0. The minimum absolute atomic E-state index is 1.15. The van der Waals surface area contributed by atoms with Gasteiger partial charge in [0.05, 0.1) is 8.07 Å². The molecule has 0 aromatic heterocycles. The highest BCUT2D eigenvalue weighted by molar-refractivity contribution is 6.87. The Morgan fingerprint density at radius 1 is 0.565 bits per heavy atom. The Kier molecular flexibility index (Phi) is 10.9. The molecule has 0 fully saturated rings. The molecule has 1 aliphatic heterocycles. The molecule has 0 N–H and O–H groups in total. The second kappa shape index (κ2) is 12.1. The quantitative estimate of drug-likeness (QED) is 0.222. The first-order valence-electron chi connectivity index (χ1n) is 10.5. The zero-order valence-electron chi connectivity index (χ0n) is 16.6. The van der Waals surface area contributed by atoms with Gasteiger partial charge in [-0.3, -0.25) is 0 Å². The van der Waals surface area contributed by atoms with Crippen LogP contribution in [0.15, 0.2) is 22.5 Å². The van der Waals surface area contributed by atoms with E-state index in [2.05, 4.69) is 38.3 Å². The third-order valence-corrected chi connectivity index (χ3v) is 7.29. The molecule has 1 rings (SSSR count). The SMILES string of the molecule is CCCCCCCCC1=C[Si](C)(C)C=C1CCCCCCCC. The largest absolute Gasteiger partial charge is 0.0960 e. The normalized spacial score (nSPS) is 16.5. The number of allylic oxidation sites excluding steroid dienone is 2. The van der Waals surface area contributed by atoms with E-state index >= 15 is 0 Å². The Bertz CT molecular complexity index is 328. The maximum absolute atomic E-state index is 2.69. The molecular formula is C22H42Si. The molecule has 0 saturated carbocycles. The smallest absolute Gasteiger partial charge is 0.0873 e. The third kappa shape index (κ3) is 9.54. The van der Waals surface area contributed by atoms with E-state index in [9.17, 15) is 0 Å². The van der Waals surface area contributed by atoms with Crippen molar-refractivity contribution in [1.29, 1.82) is 0 Å². The van der Waals surface area contributed by atoms with Crippen LogP contribution in [-0.2, 0) is 0 Å². The average Bonchev–Trinajstić information content (AvgIpc) is 2.80. The van der Waals surface area contributed by atoms with Crippen molar-refractivity contribution in [2.24, 2.45) is 0 Å². The van der Waals surface area contributed by atoms with Crippen LogP contribution < -0.4 is 0 Å². The fraction of sp³-hybridized carbons (Fsp3) is 0.818. The molecule has 1 heterocycles. The molecule has 0 unspecified atom stereocenters. The Balaban J connectivity index is 2.25. The highest BCUT2D eigenvalue weighted by atomic mass is 28.3. The first kappa shape index (κ1) is 20.7. The number of hydrogen-bond acceptors (Lipinski definition) is 0. The van der Waals surface area contributed by atoms with E-state index in [1.165, 1.54) is 89.9 Å². The molecular weight excluding hydrogens is 292 g/mol. The molecule has 0 bridgehead atoms. The predicted octanol–water partition coefficient (Wildman–Crippen LogP) is 8.14. The van der Waals surface area contributed by atoms with Gasteiger partial charge < -0.3 is 0 Å². The summed E-state index contributed by atoms with van der Waals surface area (Å²) >= 11 is 0. The van der Waals surface area contributed by atoms with Crippen LogP contribution in [-0.4, -0.2) is 8.07 Å². The minimum atomic E-state index is -1.15. The molecule has 0 aromatic carbocycles. The van der Waals surface area contributed by atoms with E-state index in [-0.39, 0.29) is 0 Å². The Hall–Kier alpha value is -0.303. The van der Waals surface area contributed by atoms with E-state index in [1.807, 2.05) is 0 Å². The molecule has 0 aliphatic carbocycles. The van der Waals surface area contributed by atoms with Gasteiger partial charge in [0.1, 0.15) is 0 Å². The van der Waals surface area contributed by atoms with Crippen LogP contribution in [0.1, 0.15) is 104 Å². The lowest BCUT2D eigenvalue weighted by molar-refractivity contribution is 0.598. The van der Waals surface area contributed by atoms with E-state index in [1.54, 1.807) is 11.1 Å². The maximum Gasteiger partial charge on any atom is 0.0960 e. The van der Waals surface area contributed by atoms with Crippen molar-refractivity contribution in [2.75, 3.05) is 0 Å². The monoisotopic (exact) mass is 334 g/mol. The molecule has 0 saturated heterocycles. The van der Waals surface area contributed by atoms with E-state index in [0.29, 0.717) is 0 Å². The summed E-state index contributed by atoms with van der Waals surface area (Å²) in [6.07, 6.45) is 19.7. The summed E-state index contributed by atoms with van der Waals surface area (Å²) in [7, 11) is -1.15. The zero-order valence-corrected chi connectivity index (χ0v) is 17.6. The fourth-order valence-corrected chi connectivity index (χ4v) is 6.32. The van der Waals surface area contributed by atoms with Crippen molar-refractivity contribution in [3.63, 3.8) is 0 Å². The summed E-state index contributed by atoms with van der Waals surface area (Å²) in [6.45, 7) is 9.61. The predicted molar refractivity (Wildman–Crippen MR) is 110 cm³/mol. The van der Waals surface area contributed by atoms with Crippen molar-refractivity contribution >= 4 is 8.07 Å². The van der Waals surface area contributed by atoms with Crippen molar-refractivity contribution in [2.45, 2.75) is 117 Å². The summed E-state index contributed by atoms with van der Waals surface area (Å²) in [4.78, 5) is 0. The topological polar surface area (TPSA) is 0 Å². The van der Waals surface area contributed by atoms with Gasteiger partial charge in [-0.1, -0.05) is 114 Å². The summed E-state index contributed by atoms with van der Waals surface area (Å²) in [5.74, 6) is 0. The van der Waals surface area contributed by atoms with Gasteiger partial charge >= 0.3 is 0 Å². The zero-order chi connectivity index (χ0) is 17.0. The lowest BCUT2D eigenvalue weighted by atomic mass is 9.97. The minimum Gasteiger partial charge on any atom is -0.0873 e. The first-order valence-corrected chi connectivity index (χ1v) is 13.7. The van der Waals surface area contributed by atoms with Crippen molar-refractivity contribution in [3.05, 3.63) is 22.5 Å². The van der Waals surface area contributed by atoms with Gasteiger partial charge in [-0.25, -0.2) is 0 Å². The Morgan fingerprint density at radius 2 is 0.913 bits per heavy atom. The van der Waals surface area contributed by atoms with Gasteiger partial charge in [0.25, 0.3) is 0 Å². The molecule has 134 valence electrons. The fourth-order valence-electron chi connectivity index (χ4n) is 3.78. The molecule has 0 aromatic rings. The van der Waals surface area contributed by atoms with E-state index in [0.717, 1.165) is 0 Å². The van der Waals surface area contributed by atoms with Crippen LogP contribution in [0, 0.1) is 0 Å². The van der Waals surface area contributed by atoms with Crippen LogP contribution in [0.2, 0.25) is 13.1 Å². The van der Waals surface area contributed by atoms with E-state index in [4.69, 9.17) is 0 Å². The van der Waals surface area contributed by atoms with Gasteiger partial charge in [-0.05, 0) is 25.7 Å². The molecule has 1 heteroatoms. The molecule has 23 heavy (non-hydrogen) atoms. The molecule has 0 amide bonds. The number of rotatable bonds is 14. The maximum atomic E-state index is 2.69. The van der Waals surface area contributed by atoms with Crippen molar-refractivity contribution < 1.29 is 0 Å². The molecule has 0 nitrogen and oxygen atoms in total. The van der Waals surface area contributed by atoms with Gasteiger partial charge in [-0.2, -0.15) is 0 Å². The molecule has 0 atom stereocenters. The lowest BCUT2D eigenvalue weighted by Crippen LogP contribution is -2.16. The van der Waals surface area contributed by atoms with Gasteiger partial charge in [0.2, 0.25) is 0 Å². The summed E-state index contributed by atoms with van der Waals surface area (Å²) < 4.78 is 0. The number of hydrogen-bond donors (Lipinski definition) is 0. The summed E-state index contributed by atoms with van der Waals surface area (Å²) in [6, 6.07) is 0. The van der Waals surface area contributed by atoms with Crippen molar-refractivity contribution in [1.82, 2.24) is 0 Å². The Labute approximate surface area is 147 Å². The summed E-state index contributed by atoms with van der Waals surface area (Å²) in [5.41, 5.74) is 8.85. The first-order chi connectivity index (χ1) is 11.1. The highest BCUT2D eigenvalue weighted by Crippen LogP contribution is 2.32. The van der Waals surface area contributed by atoms with Crippen LogP contribution in [0.3, 0.4) is 0 Å². The second-order valence-electron chi connectivity index (χ2n) is 8.20. The number of unbranched alkanes of at least 4 members (excludes halogenated alkanes) is 10. The van der Waals surface area contributed by atoms with Crippen LogP contribution in [0.4, 0.5) is 0 Å². The van der Waals surface area contributed by atoms with Gasteiger partial charge in [0, 0.05) is 0 Å². The highest BCUT2D eigenvalue weighted by Gasteiger charge is 2.24. The van der Waals surface area contributed by atoms with Crippen LogP contribution in [0.5, 0.6) is 0 Å². The van der Waals surface area contributed by atoms with Gasteiger partial charge in [0.15, 0.2) is 0 Å². The standard InChI is InChI=1S/C22H42Si/c1-5-7-9-11-13-15-17-21-19-23(3,4)20-22(21)18-16-14-12-10-8-6-2/h19-20H,5-18H2,1-4H3.